The minimum atomic E-state index is -1.13. The van der Waals surface area contributed by atoms with E-state index in [0.29, 0.717) is 12.1 Å². The molecule has 0 unspecified atom stereocenters. The van der Waals surface area contributed by atoms with Gasteiger partial charge in [-0.25, -0.2) is 9.18 Å². The summed E-state index contributed by atoms with van der Waals surface area (Å²) in [4.78, 5) is 10.8. The quantitative estimate of drug-likeness (QED) is 0.767. The number of carboxylic acid groups (broad SMARTS) is 1. The van der Waals surface area contributed by atoms with Crippen LogP contribution in [0.5, 0.6) is 0 Å². The van der Waals surface area contributed by atoms with Crippen LogP contribution in [-0.2, 0) is 6.54 Å². The van der Waals surface area contributed by atoms with Crippen LogP contribution in [0.25, 0.3) is 10.9 Å². The monoisotopic (exact) mass is 347 g/mol. The molecule has 0 saturated heterocycles. The average molecular weight is 348 g/mol. The third-order valence-electron chi connectivity index (χ3n) is 3.38. The fraction of sp³-hybridized carbons (Fsp3) is 0.0625. The number of hydrogen-bond acceptors (Lipinski definition) is 1. The van der Waals surface area contributed by atoms with Gasteiger partial charge in [-0.1, -0.05) is 24.3 Å². The van der Waals surface area contributed by atoms with Crippen molar-refractivity contribution < 1.29 is 14.3 Å². The van der Waals surface area contributed by atoms with E-state index in [-0.39, 0.29) is 5.56 Å². The van der Waals surface area contributed by atoms with Crippen LogP contribution in [0.2, 0.25) is 0 Å². The van der Waals surface area contributed by atoms with Gasteiger partial charge in [-0.3, -0.25) is 0 Å². The van der Waals surface area contributed by atoms with Gasteiger partial charge in [-0.2, -0.15) is 0 Å². The van der Waals surface area contributed by atoms with Crippen molar-refractivity contribution in [2.75, 3.05) is 0 Å². The van der Waals surface area contributed by atoms with Crippen LogP contribution in [0.4, 0.5) is 4.39 Å². The van der Waals surface area contributed by atoms with E-state index in [1.807, 2.05) is 35.0 Å². The van der Waals surface area contributed by atoms with E-state index < -0.39 is 11.8 Å². The summed E-state index contributed by atoms with van der Waals surface area (Å²) in [6.07, 6.45) is 1.90. The Morgan fingerprint density at radius 3 is 2.71 bits per heavy atom. The molecule has 1 heterocycles. The molecule has 0 aliphatic heterocycles. The van der Waals surface area contributed by atoms with Crippen LogP contribution in [0.3, 0.4) is 0 Å². The molecule has 0 atom stereocenters. The van der Waals surface area contributed by atoms with Crippen molar-refractivity contribution in [3.05, 3.63) is 70.1 Å². The van der Waals surface area contributed by atoms with E-state index in [9.17, 15) is 9.18 Å². The highest BCUT2D eigenvalue weighted by atomic mass is 79.9. The van der Waals surface area contributed by atoms with Crippen molar-refractivity contribution in [2.24, 2.45) is 0 Å². The van der Waals surface area contributed by atoms with Crippen molar-refractivity contribution >= 4 is 32.8 Å². The highest BCUT2D eigenvalue weighted by Crippen LogP contribution is 2.27. The Morgan fingerprint density at radius 2 is 2.00 bits per heavy atom. The summed E-state index contributed by atoms with van der Waals surface area (Å²) in [5.41, 5.74) is 1.40. The summed E-state index contributed by atoms with van der Waals surface area (Å²) in [5.74, 6) is -1.64. The van der Waals surface area contributed by atoms with E-state index in [2.05, 4.69) is 15.9 Å². The second-order valence-corrected chi connectivity index (χ2v) is 5.59. The van der Waals surface area contributed by atoms with Gasteiger partial charge < -0.3 is 9.67 Å². The number of para-hydroxylation sites is 1. The number of rotatable bonds is 3. The number of benzene rings is 2. The SMILES string of the molecule is O=C(O)c1ccc(Cn2cc(Br)c3ccccc32)c(F)c1. The summed E-state index contributed by atoms with van der Waals surface area (Å²) in [6.45, 7) is 0.345. The van der Waals surface area contributed by atoms with Gasteiger partial charge in [0.1, 0.15) is 5.82 Å². The Morgan fingerprint density at radius 1 is 1.24 bits per heavy atom. The molecule has 3 aromatic rings. The number of aromatic carboxylic acids is 1. The molecular weight excluding hydrogens is 337 g/mol. The zero-order chi connectivity index (χ0) is 15.0. The summed E-state index contributed by atoms with van der Waals surface area (Å²) in [6, 6.07) is 11.8. The average Bonchev–Trinajstić information content (AvgIpc) is 2.78. The lowest BCUT2D eigenvalue weighted by Crippen LogP contribution is -2.03. The lowest BCUT2D eigenvalue weighted by atomic mass is 10.1. The summed E-state index contributed by atoms with van der Waals surface area (Å²) in [7, 11) is 0. The second-order valence-electron chi connectivity index (χ2n) is 4.73. The molecule has 2 aromatic carbocycles. The molecule has 21 heavy (non-hydrogen) atoms. The maximum atomic E-state index is 14.0. The molecule has 0 amide bonds. The highest BCUT2D eigenvalue weighted by Gasteiger charge is 2.11. The summed E-state index contributed by atoms with van der Waals surface area (Å²) in [5, 5.41) is 9.91. The van der Waals surface area contributed by atoms with Crippen LogP contribution < -0.4 is 0 Å². The van der Waals surface area contributed by atoms with Gasteiger partial charge in [0.25, 0.3) is 0 Å². The number of hydrogen-bond donors (Lipinski definition) is 1. The van der Waals surface area contributed by atoms with Gasteiger partial charge in [0.15, 0.2) is 0 Å². The topological polar surface area (TPSA) is 42.2 Å². The van der Waals surface area contributed by atoms with Gasteiger partial charge in [0.2, 0.25) is 0 Å². The van der Waals surface area contributed by atoms with Crippen LogP contribution >= 0.6 is 15.9 Å². The lowest BCUT2D eigenvalue weighted by Gasteiger charge is -2.07. The molecule has 1 N–H and O–H groups in total. The minimum Gasteiger partial charge on any atom is -0.478 e. The molecule has 1 aromatic heterocycles. The molecule has 0 aliphatic rings. The fourth-order valence-electron chi connectivity index (χ4n) is 2.32. The van der Waals surface area contributed by atoms with Crippen molar-refractivity contribution in [1.29, 1.82) is 0 Å². The highest BCUT2D eigenvalue weighted by molar-refractivity contribution is 9.10. The Hall–Kier alpha value is -2.14. The maximum Gasteiger partial charge on any atom is 0.335 e. The predicted octanol–water partition coefficient (Wildman–Crippen LogP) is 4.29. The molecule has 0 saturated carbocycles. The van der Waals surface area contributed by atoms with Crippen molar-refractivity contribution in [1.82, 2.24) is 4.57 Å². The smallest absolute Gasteiger partial charge is 0.335 e. The Labute approximate surface area is 128 Å². The summed E-state index contributed by atoms with van der Waals surface area (Å²) < 4.78 is 16.9. The number of nitrogens with zero attached hydrogens (tertiary/aromatic N) is 1. The Kier molecular flexibility index (Phi) is 3.51. The number of carboxylic acids is 1. The van der Waals surface area contributed by atoms with Gasteiger partial charge >= 0.3 is 5.97 Å². The molecule has 0 bridgehead atoms. The van der Waals surface area contributed by atoms with Crippen LogP contribution in [0.1, 0.15) is 15.9 Å². The van der Waals surface area contributed by atoms with Gasteiger partial charge in [0, 0.05) is 27.1 Å². The minimum absolute atomic E-state index is 0.0465. The maximum absolute atomic E-state index is 14.0. The third-order valence-corrected chi connectivity index (χ3v) is 4.01. The Balaban J connectivity index is 2.01. The molecule has 3 rings (SSSR count). The van der Waals surface area contributed by atoms with Gasteiger partial charge in [-0.15, -0.1) is 0 Å². The van der Waals surface area contributed by atoms with E-state index >= 15 is 0 Å². The third kappa shape index (κ3) is 2.56. The molecule has 0 spiro atoms. The number of halogens is 2. The number of aromatic nitrogens is 1. The lowest BCUT2D eigenvalue weighted by molar-refractivity contribution is 0.0696. The van der Waals surface area contributed by atoms with Crippen molar-refractivity contribution in [3.63, 3.8) is 0 Å². The molecule has 3 nitrogen and oxygen atoms in total. The summed E-state index contributed by atoms with van der Waals surface area (Å²) >= 11 is 3.49. The van der Waals surface area contributed by atoms with Gasteiger partial charge in [-0.05, 0) is 34.1 Å². The van der Waals surface area contributed by atoms with Gasteiger partial charge in [0.05, 0.1) is 12.1 Å². The molecule has 0 fully saturated rings. The largest absolute Gasteiger partial charge is 0.478 e. The Bertz CT molecular complexity index is 841. The first-order valence-corrected chi connectivity index (χ1v) is 7.10. The normalized spacial score (nSPS) is 11.0. The van der Waals surface area contributed by atoms with Crippen LogP contribution in [0, 0.1) is 5.82 Å². The van der Waals surface area contributed by atoms with E-state index in [0.717, 1.165) is 21.4 Å². The fourth-order valence-corrected chi connectivity index (χ4v) is 2.91. The van der Waals surface area contributed by atoms with Crippen molar-refractivity contribution in [3.8, 4) is 0 Å². The molecule has 5 heteroatoms. The molecule has 106 valence electrons. The zero-order valence-corrected chi connectivity index (χ0v) is 12.5. The van der Waals surface area contributed by atoms with Crippen molar-refractivity contribution in [2.45, 2.75) is 6.54 Å². The first kappa shape index (κ1) is 13.8. The first-order valence-electron chi connectivity index (χ1n) is 6.31. The number of carbonyl (C=O) groups is 1. The standard InChI is InChI=1S/C16H11BrFNO2/c17-13-9-19(15-4-2-1-3-12(13)15)8-11-6-5-10(16(20)21)7-14(11)18/h1-7,9H,8H2,(H,20,21). The van der Waals surface area contributed by atoms with E-state index in [1.165, 1.54) is 12.1 Å². The molecular formula is C16H11BrFNO2. The van der Waals surface area contributed by atoms with Crippen LogP contribution in [-0.4, -0.2) is 15.6 Å². The molecule has 0 radical (unpaired) electrons. The first-order chi connectivity index (χ1) is 10.1. The van der Waals surface area contributed by atoms with E-state index in [1.54, 1.807) is 0 Å². The molecule has 0 aliphatic carbocycles. The second kappa shape index (κ2) is 5.33. The number of fused-ring (bicyclic) bond motifs is 1. The van der Waals surface area contributed by atoms with E-state index in [4.69, 9.17) is 5.11 Å². The van der Waals surface area contributed by atoms with Crippen LogP contribution in [0.15, 0.2) is 53.1 Å². The predicted molar refractivity (Wildman–Crippen MR) is 82.1 cm³/mol. The zero-order valence-electron chi connectivity index (χ0n) is 10.9.